The molecule has 2 nitrogen and oxygen atoms in total. The summed E-state index contributed by atoms with van der Waals surface area (Å²) in [6.45, 7) is 5.36. The second-order valence-corrected chi connectivity index (χ2v) is 4.66. The first-order valence-electron chi connectivity index (χ1n) is 5.57. The van der Waals surface area contributed by atoms with E-state index >= 15 is 0 Å². The maximum Gasteiger partial charge on any atom is 0.0190 e. The summed E-state index contributed by atoms with van der Waals surface area (Å²) in [7, 11) is 2.22. The molecule has 1 aliphatic rings. The molecule has 0 radical (unpaired) electrons. The van der Waals surface area contributed by atoms with Crippen molar-refractivity contribution in [1.29, 1.82) is 0 Å². The lowest BCUT2D eigenvalue weighted by Gasteiger charge is -2.36. The van der Waals surface area contributed by atoms with Crippen LogP contribution in [-0.4, -0.2) is 30.6 Å². The predicted molar refractivity (Wildman–Crippen MR) is 57.7 cm³/mol. The Hall–Kier alpha value is -0.0800. The van der Waals surface area contributed by atoms with E-state index < -0.39 is 0 Å². The average molecular weight is 184 g/mol. The van der Waals surface area contributed by atoms with E-state index in [4.69, 9.17) is 5.73 Å². The van der Waals surface area contributed by atoms with Crippen molar-refractivity contribution in [3.8, 4) is 0 Å². The van der Waals surface area contributed by atoms with E-state index in [0.717, 1.165) is 18.5 Å². The van der Waals surface area contributed by atoms with Gasteiger partial charge < -0.3 is 5.73 Å². The van der Waals surface area contributed by atoms with Crippen molar-refractivity contribution in [2.45, 2.75) is 51.6 Å². The van der Waals surface area contributed by atoms with Gasteiger partial charge in [0, 0.05) is 18.6 Å². The summed E-state index contributed by atoms with van der Waals surface area (Å²) in [6, 6.07) is 1.33. The molecule has 0 spiro atoms. The summed E-state index contributed by atoms with van der Waals surface area (Å²) in [6.07, 6.45) is 5.52. The van der Waals surface area contributed by atoms with Gasteiger partial charge in [-0.25, -0.2) is 0 Å². The summed E-state index contributed by atoms with van der Waals surface area (Å²) in [5.41, 5.74) is 5.67. The molecule has 2 heteroatoms. The topological polar surface area (TPSA) is 29.3 Å². The fourth-order valence-corrected chi connectivity index (χ4v) is 2.18. The van der Waals surface area contributed by atoms with Gasteiger partial charge in [0.05, 0.1) is 0 Å². The third-order valence-electron chi connectivity index (χ3n) is 3.60. The Labute approximate surface area is 82.5 Å². The third kappa shape index (κ3) is 2.96. The van der Waals surface area contributed by atoms with E-state index in [2.05, 4.69) is 25.8 Å². The van der Waals surface area contributed by atoms with Gasteiger partial charge in [-0.3, -0.25) is 4.90 Å². The Kier molecular flexibility index (Phi) is 4.20. The molecule has 1 aliphatic carbocycles. The van der Waals surface area contributed by atoms with Gasteiger partial charge in [-0.2, -0.15) is 0 Å². The number of likely N-dealkylation sites (N-methyl/N-ethyl adjacent to an activating group) is 1. The van der Waals surface area contributed by atoms with E-state index in [1.54, 1.807) is 0 Å². The molecular weight excluding hydrogens is 160 g/mol. The van der Waals surface area contributed by atoms with Crippen molar-refractivity contribution in [2.24, 2.45) is 11.7 Å². The first-order chi connectivity index (χ1) is 6.15. The Bertz CT molecular complexity index is 139. The molecule has 1 unspecified atom stereocenters. The van der Waals surface area contributed by atoms with Crippen LogP contribution in [0.15, 0.2) is 0 Å². The molecule has 1 fully saturated rings. The first kappa shape index (κ1) is 11.0. The van der Waals surface area contributed by atoms with Crippen molar-refractivity contribution in [3.05, 3.63) is 0 Å². The van der Waals surface area contributed by atoms with Gasteiger partial charge in [0.2, 0.25) is 0 Å². The molecule has 1 saturated carbocycles. The first-order valence-corrected chi connectivity index (χ1v) is 5.57. The highest BCUT2D eigenvalue weighted by Gasteiger charge is 2.23. The lowest BCUT2D eigenvalue weighted by atomic mass is 9.86. The van der Waals surface area contributed by atoms with Crippen LogP contribution in [0, 0.1) is 5.92 Å². The van der Waals surface area contributed by atoms with E-state index in [9.17, 15) is 0 Å². The van der Waals surface area contributed by atoms with Gasteiger partial charge in [0.25, 0.3) is 0 Å². The molecule has 78 valence electrons. The van der Waals surface area contributed by atoms with E-state index in [1.165, 1.54) is 25.7 Å². The van der Waals surface area contributed by atoms with E-state index in [0.29, 0.717) is 6.04 Å². The SMILES string of the molecule is CC1CCC(N(C)C(C)CN)CC1. The zero-order valence-corrected chi connectivity index (χ0v) is 9.29. The molecule has 1 atom stereocenters. The quantitative estimate of drug-likeness (QED) is 0.725. The van der Waals surface area contributed by atoms with Gasteiger partial charge in [0.15, 0.2) is 0 Å². The minimum Gasteiger partial charge on any atom is -0.329 e. The average Bonchev–Trinajstić information content (AvgIpc) is 2.17. The molecule has 13 heavy (non-hydrogen) atoms. The molecule has 0 aromatic rings. The largest absolute Gasteiger partial charge is 0.329 e. The van der Waals surface area contributed by atoms with Gasteiger partial charge in [0.1, 0.15) is 0 Å². The van der Waals surface area contributed by atoms with E-state index in [-0.39, 0.29) is 0 Å². The second kappa shape index (κ2) is 4.97. The highest BCUT2D eigenvalue weighted by atomic mass is 15.2. The molecule has 0 bridgehead atoms. The molecule has 1 rings (SSSR count). The van der Waals surface area contributed by atoms with Crippen LogP contribution in [0.25, 0.3) is 0 Å². The number of nitrogens with two attached hydrogens (primary N) is 1. The molecular formula is C11H24N2. The van der Waals surface area contributed by atoms with Crippen LogP contribution in [-0.2, 0) is 0 Å². The van der Waals surface area contributed by atoms with Crippen LogP contribution < -0.4 is 5.73 Å². The summed E-state index contributed by atoms with van der Waals surface area (Å²) in [5.74, 6) is 0.942. The second-order valence-electron chi connectivity index (χ2n) is 4.66. The van der Waals surface area contributed by atoms with Crippen LogP contribution >= 0.6 is 0 Å². The minimum absolute atomic E-state index is 0.540. The molecule has 0 aromatic heterocycles. The van der Waals surface area contributed by atoms with Gasteiger partial charge in [-0.15, -0.1) is 0 Å². The van der Waals surface area contributed by atoms with Crippen molar-refractivity contribution >= 4 is 0 Å². The van der Waals surface area contributed by atoms with Crippen molar-refractivity contribution in [3.63, 3.8) is 0 Å². The molecule has 0 aliphatic heterocycles. The monoisotopic (exact) mass is 184 g/mol. The summed E-state index contributed by atoms with van der Waals surface area (Å²) in [5, 5.41) is 0. The Balaban J connectivity index is 2.35. The molecule has 0 aromatic carbocycles. The van der Waals surface area contributed by atoms with Crippen LogP contribution in [0.4, 0.5) is 0 Å². The lowest BCUT2D eigenvalue weighted by molar-refractivity contribution is 0.134. The smallest absolute Gasteiger partial charge is 0.0190 e. The normalized spacial score (nSPS) is 32.1. The summed E-state index contributed by atoms with van der Waals surface area (Å²) in [4.78, 5) is 2.46. The van der Waals surface area contributed by atoms with Crippen molar-refractivity contribution < 1.29 is 0 Å². The maximum atomic E-state index is 5.67. The van der Waals surface area contributed by atoms with Gasteiger partial charge in [-0.05, 0) is 45.6 Å². The maximum absolute atomic E-state index is 5.67. The van der Waals surface area contributed by atoms with Crippen molar-refractivity contribution in [2.75, 3.05) is 13.6 Å². The van der Waals surface area contributed by atoms with Crippen LogP contribution in [0.1, 0.15) is 39.5 Å². The van der Waals surface area contributed by atoms with Gasteiger partial charge >= 0.3 is 0 Å². The highest BCUT2D eigenvalue weighted by molar-refractivity contribution is 4.79. The highest BCUT2D eigenvalue weighted by Crippen LogP contribution is 2.27. The van der Waals surface area contributed by atoms with Crippen LogP contribution in [0.5, 0.6) is 0 Å². The Morgan fingerprint density at radius 2 is 1.85 bits per heavy atom. The zero-order chi connectivity index (χ0) is 9.84. The van der Waals surface area contributed by atoms with Crippen molar-refractivity contribution in [1.82, 2.24) is 4.90 Å². The predicted octanol–water partition coefficient (Wildman–Crippen LogP) is 1.84. The number of rotatable bonds is 3. The fraction of sp³-hybridized carbons (Fsp3) is 1.00. The number of hydrogen-bond acceptors (Lipinski definition) is 2. The standard InChI is InChI=1S/C11H24N2/c1-9-4-6-11(7-5-9)13(3)10(2)8-12/h9-11H,4-8,12H2,1-3H3. The summed E-state index contributed by atoms with van der Waals surface area (Å²) >= 11 is 0. The minimum atomic E-state index is 0.540. The van der Waals surface area contributed by atoms with E-state index in [1.807, 2.05) is 0 Å². The number of nitrogens with zero attached hydrogens (tertiary/aromatic N) is 1. The molecule has 0 heterocycles. The molecule has 2 N–H and O–H groups in total. The molecule has 0 saturated heterocycles. The zero-order valence-electron chi connectivity index (χ0n) is 9.29. The number of hydrogen-bond donors (Lipinski definition) is 1. The van der Waals surface area contributed by atoms with Crippen LogP contribution in [0.3, 0.4) is 0 Å². The van der Waals surface area contributed by atoms with Gasteiger partial charge in [-0.1, -0.05) is 6.92 Å². The molecule has 0 amide bonds. The Morgan fingerprint density at radius 3 is 2.31 bits per heavy atom. The third-order valence-corrected chi connectivity index (χ3v) is 3.60. The fourth-order valence-electron chi connectivity index (χ4n) is 2.18. The Morgan fingerprint density at radius 1 is 1.31 bits per heavy atom. The summed E-state index contributed by atoms with van der Waals surface area (Å²) < 4.78 is 0. The lowest BCUT2D eigenvalue weighted by Crippen LogP contribution is -2.43. The van der Waals surface area contributed by atoms with Crippen LogP contribution in [0.2, 0.25) is 0 Å².